The van der Waals surface area contributed by atoms with E-state index in [9.17, 15) is 0 Å². The maximum Gasteiger partial charge on any atom is 0.138 e. The molecule has 1 aromatic rings. The van der Waals surface area contributed by atoms with Crippen LogP contribution in [0.3, 0.4) is 0 Å². The van der Waals surface area contributed by atoms with Gasteiger partial charge in [-0.25, -0.2) is 4.68 Å². The number of hydrogen-bond donors (Lipinski definition) is 1. The number of nitrogens with zero attached hydrogens (tertiary/aromatic N) is 3. The van der Waals surface area contributed by atoms with Crippen LogP contribution in [-0.2, 0) is 17.7 Å². The fourth-order valence-corrected chi connectivity index (χ4v) is 2.33. The average molecular weight is 298 g/mol. The fourth-order valence-electron chi connectivity index (χ4n) is 2.33. The highest BCUT2D eigenvalue weighted by Gasteiger charge is 2.08. The first-order chi connectivity index (χ1) is 10.8. The molecular formula is C17H22N4O. The van der Waals surface area contributed by atoms with Gasteiger partial charge in [0.05, 0.1) is 19.3 Å². The van der Waals surface area contributed by atoms with Crippen LogP contribution in [0.15, 0.2) is 51.7 Å². The van der Waals surface area contributed by atoms with Gasteiger partial charge in [0.2, 0.25) is 0 Å². The van der Waals surface area contributed by atoms with Crippen molar-refractivity contribution >= 4 is 13.1 Å². The van der Waals surface area contributed by atoms with Crippen LogP contribution in [-0.4, -0.2) is 24.8 Å². The number of allylic oxidation sites excluding steroid dienone is 2. The molecule has 1 aromatic heterocycles. The summed E-state index contributed by atoms with van der Waals surface area (Å²) in [6.45, 7) is 6.24. The lowest BCUT2D eigenvalue weighted by Crippen LogP contribution is -2.14. The van der Waals surface area contributed by atoms with Gasteiger partial charge in [0.15, 0.2) is 0 Å². The van der Waals surface area contributed by atoms with Crippen molar-refractivity contribution in [1.29, 1.82) is 0 Å². The zero-order valence-electron chi connectivity index (χ0n) is 13.2. The summed E-state index contributed by atoms with van der Waals surface area (Å²) in [4.78, 5) is 3.66. The minimum absolute atomic E-state index is 0.691. The molecule has 1 heterocycles. The lowest BCUT2D eigenvalue weighted by molar-refractivity contribution is 0.279. The summed E-state index contributed by atoms with van der Waals surface area (Å²) in [7, 11) is 1.68. The summed E-state index contributed by atoms with van der Waals surface area (Å²) >= 11 is 0. The van der Waals surface area contributed by atoms with Crippen molar-refractivity contribution in [3.63, 3.8) is 0 Å². The van der Waals surface area contributed by atoms with E-state index >= 15 is 0 Å². The maximum atomic E-state index is 5.24. The van der Waals surface area contributed by atoms with Crippen LogP contribution < -0.4 is 5.32 Å². The van der Waals surface area contributed by atoms with Crippen molar-refractivity contribution in [3.05, 3.63) is 52.9 Å². The molecule has 1 aliphatic carbocycles. The molecule has 0 saturated heterocycles. The quantitative estimate of drug-likeness (QED) is 0.478. The summed E-state index contributed by atoms with van der Waals surface area (Å²) in [6, 6.07) is 2.08. The number of aromatic nitrogens is 1. The van der Waals surface area contributed by atoms with Gasteiger partial charge < -0.3 is 10.1 Å². The van der Waals surface area contributed by atoms with Gasteiger partial charge in [0.1, 0.15) is 12.1 Å². The third-order valence-corrected chi connectivity index (χ3v) is 3.53. The Morgan fingerprint density at radius 1 is 1.55 bits per heavy atom. The number of rotatable bonds is 7. The van der Waals surface area contributed by atoms with Crippen molar-refractivity contribution in [2.24, 2.45) is 10.1 Å². The molecule has 1 aliphatic rings. The first-order valence-electron chi connectivity index (χ1n) is 7.39. The minimum Gasteiger partial charge on any atom is -0.493 e. The number of aliphatic imine (C=N–C) groups is 1. The summed E-state index contributed by atoms with van der Waals surface area (Å²) in [5.41, 5.74) is 6.60. The summed E-state index contributed by atoms with van der Waals surface area (Å²) in [5, 5.41) is 7.69. The largest absolute Gasteiger partial charge is 0.493 e. The fraction of sp³-hybridized carbons (Fsp3) is 0.353. The number of hydrogen-bond acceptors (Lipinski definition) is 3. The Hall–Kier alpha value is -2.52. The Balaban J connectivity index is 2.12. The first kappa shape index (κ1) is 15.9. The van der Waals surface area contributed by atoms with E-state index in [1.54, 1.807) is 7.11 Å². The van der Waals surface area contributed by atoms with Crippen LogP contribution in [0.1, 0.15) is 31.0 Å². The molecule has 0 amide bonds. The van der Waals surface area contributed by atoms with E-state index in [0.29, 0.717) is 6.54 Å². The topological polar surface area (TPSA) is 50.9 Å². The second kappa shape index (κ2) is 8.05. The van der Waals surface area contributed by atoms with E-state index in [1.165, 1.54) is 11.9 Å². The van der Waals surface area contributed by atoms with Gasteiger partial charge in [0.25, 0.3) is 0 Å². The van der Waals surface area contributed by atoms with Crippen molar-refractivity contribution in [2.45, 2.75) is 32.7 Å². The molecule has 2 rings (SSSR count). The first-order valence-corrected chi connectivity index (χ1v) is 7.39. The van der Waals surface area contributed by atoms with Crippen molar-refractivity contribution in [3.8, 4) is 0 Å². The third kappa shape index (κ3) is 3.99. The SMILES string of the molecule is C=N/C=N\n1ccc(CC)c1CNC1=CCCC(OC)=C=C1. The van der Waals surface area contributed by atoms with E-state index in [1.807, 2.05) is 16.9 Å². The second-order valence-electron chi connectivity index (χ2n) is 4.87. The molecule has 0 spiro atoms. The van der Waals surface area contributed by atoms with Crippen LogP contribution in [0.25, 0.3) is 0 Å². The molecule has 5 nitrogen and oxygen atoms in total. The van der Waals surface area contributed by atoms with Crippen molar-refractivity contribution in [1.82, 2.24) is 9.99 Å². The van der Waals surface area contributed by atoms with E-state index in [2.05, 4.69) is 46.9 Å². The molecule has 0 aromatic carbocycles. The summed E-state index contributed by atoms with van der Waals surface area (Å²) in [6.07, 6.45) is 10.3. The lowest BCUT2D eigenvalue weighted by Gasteiger charge is -2.09. The minimum atomic E-state index is 0.691. The predicted molar refractivity (Wildman–Crippen MR) is 90.0 cm³/mol. The van der Waals surface area contributed by atoms with Gasteiger partial charge >= 0.3 is 0 Å². The van der Waals surface area contributed by atoms with Gasteiger partial charge in [-0.15, -0.1) is 0 Å². The molecule has 0 saturated carbocycles. The molecule has 0 atom stereocenters. The number of nitrogens with one attached hydrogen (secondary N) is 1. The Morgan fingerprint density at radius 3 is 3.14 bits per heavy atom. The monoisotopic (exact) mass is 298 g/mol. The predicted octanol–water partition coefficient (Wildman–Crippen LogP) is 3.00. The molecule has 22 heavy (non-hydrogen) atoms. The van der Waals surface area contributed by atoms with Gasteiger partial charge in [-0.2, -0.15) is 5.10 Å². The maximum absolute atomic E-state index is 5.24. The molecule has 5 heteroatoms. The highest BCUT2D eigenvalue weighted by molar-refractivity contribution is 5.61. The average Bonchev–Trinajstić information content (AvgIpc) is 2.78. The van der Waals surface area contributed by atoms with E-state index in [-0.39, 0.29) is 0 Å². The molecule has 0 radical (unpaired) electrons. The molecule has 0 fully saturated rings. The molecule has 0 bridgehead atoms. The number of methoxy groups -OCH3 is 1. The number of ether oxygens (including phenoxy) is 1. The Bertz CT molecular complexity index is 646. The molecule has 116 valence electrons. The zero-order chi connectivity index (χ0) is 15.8. The van der Waals surface area contributed by atoms with E-state index in [0.717, 1.165) is 36.4 Å². The standard InChI is InChI=1S/C17H22N4O/c1-4-14-10-11-21(20-13-18-2)17(14)12-19-15-6-5-7-16(22-3)9-8-15/h6,8,10-11,13,19H,2,4-5,7,12H2,1,3H3/b20-13-. The van der Waals surface area contributed by atoms with Crippen LogP contribution >= 0.6 is 0 Å². The normalized spacial score (nSPS) is 14.5. The van der Waals surface area contributed by atoms with Gasteiger partial charge in [0, 0.05) is 24.4 Å². The lowest BCUT2D eigenvalue weighted by atomic mass is 10.2. The second-order valence-corrected chi connectivity index (χ2v) is 4.87. The molecule has 0 aliphatic heterocycles. The summed E-state index contributed by atoms with van der Waals surface area (Å²) in [5.74, 6) is 0.882. The van der Waals surface area contributed by atoms with E-state index in [4.69, 9.17) is 4.74 Å². The highest BCUT2D eigenvalue weighted by atomic mass is 16.5. The molecular weight excluding hydrogens is 276 g/mol. The van der Waals surface area contributed by atoms with Crippen molar-refractivity contribution < 1.29 is 4.74 Å². The van der Waals surface area contributed by atoms with E-state index < -0.39 is 0 Å². The van der Waals surface area contributed by atoms with Crippen LogP contribution in [0.4, 0.5) is 0 Å². The molecule has 1 N–H and O–H groups in total. The zero-order valence-corrected chi connectivity index (χ0v) is 13.2. The third-order valence-electron chi connectivity index (χ3n) is 3.53. The number of aryl methyl sites for hydroxylation is 1. The highest BCUT2D eigenvalue weighted by Crippen LogP contribution is 2.14. The smallest absolute Gasteiger partial charge is 0.138 e. The molecule has 0 unspecified atom stereocenters. The van der Waals surface area contributed by atoms with Crippen LogP contribution in [0.5, 0.6) is 0 Å². The van der Waals surface area contributed by atoms with Crippen molar-refractivity contribution in [2.75, 3.05) is 7.11 Å². The van der Waals surface area contributed by atoms with Gasteiger partial charge in [-0.3, -0.25) is 4.99 Å². The Kier molecular flexibility index (Phi) is 5.81. The Morgan fingerprint density at radius 2 is 2.41 bits per heavy atom. The van der Waals surface area contributed by atoms with Gasteiger partial charge in [-0.05, 0) is 31.2 Å². The van der Waals surface area contributed by atoms with Crippen LogP contribution in [0.2, 0.25) is 0 Å². The Labute approximate surface area is 131 Å². The van der Waals surface area contributed by atoms with Crippen LogP contribution in [0, 0.1) is 0 Å². The van der Waals surface area contributed by atoms with Gasteiger partial charge in [-0.1, -0.05) is 18.7 Å². The summed E-state index contributed by atoms with van der Waals surface area (Å²) < 4.78 is 7.07.